The molecule has 3 rings (SSSR count). The van der Waals surface area contributed by atoms with Crippen LogP contribution in [0.15, 0.2) is 30.5 Å². The van der Waals surface area contributed by atoms with Crippen molar-refractivity contribution in [1.29, 1.82) is 0 Å². The zero-order chi connectivity index (χ0) is 15.7. The molecule has 2 aromatic rings. The number of carboxylic acid groups (broad SMARTS) is 1. The normalized spacial score (nSPS) is 18.6. The molecular formula is C16H18N2O4. The van der Waals surface area contributed by atoms with Gasteiger partial charge in [0.05, 0.1) is 13.2 Å². The van der Waals surface area contributed by atoms with Crippen LogP contribution in [-0.4, -0.2) is 52.3 Å². The Kier molecular flexibility index (Phi) is 3.85. The summed E-state index contributed by atoms with van der Waals surface area (Å²) < 4.78 is 7.04. The molecular weight excluding hydrogens is 284 g/mol. The third kappa shape index (κ3) is 2.57. The maximum Gasteiger partial charge on any atom is 0.328 e. The highest BCUT2D eigenvalue weighted by atomic mass is 16.5. The summed E-state index contributed by atoms with van der Waals surface area (Å²) in [4.78, 5) is 25.2. The number of fused-ring (bicyclic) bond motifs is 1. The Morgan fingerprint density at radius 2 is 2.14 bits per heavy atom. The molecule has 116 valence electrons. The van der Waals surface area contributed by atoms with Crippen LogP contribution in [0, 0.1) is 6.92 Å². The zero-order valence-corrected chi connectivity index (χ0v) is 12.4. The summed E-state index contributed by atoms with van der Waals surface area (Å²) in [5.41, 5.74) is 2.08. The maximum absolute atomic E-state index is 12.5. The zero-order valence-electron chi connectivity index (χ0n) is 12.4. The molecule has 0 radical (unpaired) electrons. The van der Waals surface area contributed by atoms with Gasteiger partial charge in [-0.15, -0.1) is 0 Å². The van der Waals surface area contributed by atoms with Gasteiger partial charge in [-0.05, 0) is 18.6 Å². The van der Waals surface area contributed by atoms with E-state index in [0.717, 1.165) is 16.5 Å². The summed E-state index contributed by atoms with van der Waals surface area (Å²) >= 11 is 0. The van der Waals surface area contributed by atoms with E-state index in [1.165, 1.54) is 4.90 Å². The smallest absolute Gasteiger partial charge is 0.328 e. The Bertz CT molecular complexity index is 722. The Hall–Kier alpha value is -2.34. The summed E-state index contributed by atoms with van der Waals surface area (Å²) in [6.07, 6.45) is 1.93. The highest BCUT2D eigenvalue weighted by Gasteiger charge is 2.32. The highest BCUT2D eigenvalue weighted by molar-refractivity contribution is 5.87. The summed E-state index contributed by atoms with van der Waals surface area (Å²) in [6.45, 7) is 2.87. The number of aromatic nitrogens is 1. The largest absolute Gasteiger partial charge is 0.480 e. The van der Waals surface area contributed by atoms with Gasteiger partial charge in [0.15, 0.2) is 6.04 Å². The van der Waals surface area contributed by atoms with Gasteiger partial charge in [0.25, 0.3) is 0 Å². The molecule has 22 heavy (non-hydrogen) atoms. The molecule has 0 bridgehead atoms. The Morgan fingerprint density at radius 3 is 2.91 bits per heavy atom. The second kappa shape index (κ2) is 5.81. The van der Waals surface area contributed by atoms with Gasteiger partial charge >= 0.3 is 5.97 Å². The van der Waals surface area contributed by atoms with E-state index in [2.05, 4.69) is 0 Å². The second-order valence-electron chi connectivity index (χ2n) is 5.47. The monoisotopic (exact) mass is 302 g/mol. The number of rotatable bonds is 3. The Balaban J connectivity index is 1.85. The van der Waals surface area contributed by atoms with Crippen molar-refractivity contribution < 1.29 is 19.4 Å². The summed E-state index contributed by atoms with van der Waals surface area (Å²) in [5, 5.41) is 10.3. The second-order valence-corrected chi connectivity index (χ2v) is 5.47. The lowest BCUT2D eigenvalue weighted by Crippen LogP contribution is -2.53. The standard InChI is InChI=1S/C16H18N2O4/c1-11-8-17(13-5-3-2-4-12(11)13)9-15(19)18-6-7-22-10-14(18)16(20)21/h2-5,8,14H,6-7,9-10H2,1H3,(H,20,21). The van der Waals surface area contributed by atoms with Crippen molar-refractivity contribution in [3.63, 3.8) is 0 Å². The van der Waals surface area contributed by atoms with E-state index in [-0.39, 0.29) is 19.1 Å². The number of benzene rings is 1. The van der Waals surface area contributed by atoms with Crippen molar-refractivity contribution in [3.8, 4) is 0 Å². The average Bonchev–Trinajstić information content (AvgIpc) is 2.84. The van der Waals surface area contributed by atoms with Crippen LogP contribution in [0.4, 0.5) is 0 Å². The van der Waals surface area contributed by atoms with Crippen molar-refractivity contribution in [2.75, 3.05) is 19.8 Å². The molecule has 0 aliphatic carbocycles. The highest BCUT2D eigenvalue weighted by Crippen LogP contribution is 2.21. The number of carboxylic acids is 1. The number of aryl methyl sites for hydroxylation is 1. The molecule has 0 saturated carbocycles. The van der Waals surface area contributed by atoms with E-state index in [0.29, 0.717) is 13.2 Å². The van der Waals surface area contributed by atoms with E-state index in [1.807, 2.05) is 42.0 Å². The average molecular weight is 302 g/mol. The van der Waals surface area contributed by atoms with Crippen LogP contribution in [0.2, 0.25) is 0 Å². The minimum Gasteiger partial charge on any atom is -0.480 e. The van der Waals surface area contributed by atoms with Crippen LogP contribution >= 0.6 is 0 Å². The first-order valence-corrected chi connectivity index (χ1v) is 7.22. The predicted octanol–water partition coefficient (Wildman–Crippen LogP) is 1.26. The van der Waals surface area contributed by atoms with E-state index in [1.54, 1.807) is 0 Å². The van der Waals surface area contributed by atoms with Crippen molar-refractivity contribution in [3.05, 3.63) is 36.0 Å². The van der Waals surface area contributed by atoms with Crippen molar-refractivity contribution in [2.24, 2.45) is 0 Å². The summed E-state index contributed by atoms with van der Waals surface area (Å²) in [5.74, 6) is -1.22. The fraction of sp³-hybridized carbons (Fsp3) is 0.375. The molecule has 1 amide bonds. The van der Waals surface area contributed by atoms with E-state index in [9.17, 15) is 14.7 Å². The maximum atomic E-state index is 12.5. The molecule has 1 saturated heterocycles. The molecule has 2 heterocycles. The predicted molar refractivity (Wildman–Crippen MR) is 80.6 cm³/mol. The van der Waals surface area contributed by atoms with Crippen molar-refractivity contribution in [2.45, 2.75) is 19.5 Å². The molecule has 1 aromatic carbocycles. The quantitative estimate of drug-likeness (QED) is 0.926. The lowest BCUT2D eigenvalue weighted by atomic mass is 10.2. The number of nitrogens with zero attached hydrogens (tertiary/aromatic N) is 2. The van der Waals surface area contributed by atoms with Crippen molar-refractivity contribution >= 4 is 22.8 Å². The van der Waals surface area contributed by atoms with Gasteiger partial charge in [0, 0.05) is 23.6 Å². The molecule has 6 heteroatoms. The molecule has 1 aromatic heterocycles. The number of ether oxygens (including phenoxy) is 1. The van der Waals surface area contributed by atoms with Gasteiger partial charge in [0.1, 0.15) is 6.54 Å². The minimum absolute atomic E-state index is 0.0481. The van der Waals surface area contributed by atoms with Crippen LogP contribution in [0.5, 0.6) is 0 Å². The minimum atomic E-state index is -1.03. The van der Waals surface area contributed by atoms with E-state index >= 15 is 0 Å². The first kappa shape index (κ1) is 14.6. The first-order valence-electron chi connectivity index (χ1n) is 7.22. The molecule has 1 aliphatic heterocycles. The third-order valence-corrected chi connectivity index (χ3v) is 4.03. The fourth-order valence-electron chi connectivity index (χ4n) is 2.90. The van der Waals surface area contributed by atoms with E-state index in [4.69, 9.17) is 4.74 Å². The van der Waals surface area contributed by atoms with Gasteiger partial charge in [-0.2, -0.15) is 0 Å². The third-order valence-electron chi connectivity index (χ3n) is 4.03. The number of aliphatic carboxylic acids is 1. The summed E-state index contributed by atoms with van der Waals surface area (Å²) in [7, 11) is 0. The topological polar surface area (TPSA) is 71.8 Å². The number of carbonyl (C=O) groups excluding carboxylic acids is 1. The van der Waals surface area contributed by atoms with Gasteiger partial charge in [-0.1, -0.05) is 18.2 Å². The van der Waals surface area contributed by atoms with Crippen molar-refractivity contribution in [1.82, 2.24) is 9.47 Å². The van der Waals surface area contributed by atoms with Crippen LogP contribution in [0.3, 0.4) is 0 Å². The number of amides is 1. The number of carbonyl (C=O) groups is 2. The lowest BCUT2D eigenvalue weighted by molar-refractivity contribution is -0.158. The molecule has 1 fully saturated rings. The SMILES string of the molecule is Cc1cn(CC(=O)N2CCOCC2C(=O)O)c2ccccc12. The lowest BCUT2D eigenvalue weighted by Gasteiger charge is -2.33. The van der Waals surface area contributed by atoms with Crippen LogP contribution in [0.1, 0.15) is 5.56 Å². The van der Waals surface area contributed by atoms with Gasteiger partial charge < -0.3 is 19.3 Å². The van der Waals surface area contributed by atoms with Crippen LogP contribution < -0.4 is 0 Å². The number of para-hydroxylation sites is 1. The molecule has 1 atom stereocenters. The number of morpholine rings is 1. The van der Waals surface area contributed by atoms with Gasteiger partial charge in [-0.3, -0.25) is 4.79 Å². The molecule has 1 N–H and O–H groups in total. The van der Waals surface area contributed by atoms with Crippen LogP contribution in [0.25, 0.3) is 10.9 Å². The summed E-state index contributed by atoms with van der Waals surface area (Å²) in [6, 6.07) is 6.97. The molecule has 0 spiro atoms. The van der Waals surface area contributed by atoms with E-state index < -0.39 is 12.0 Å². The Labute approximate surface area is 127 Å². The molecule has 1 aliphatic rings. The Morgan fingerprint density at radius 1 is 1.36 bits per heavy atom. The fourth-order valence-corrected chi connectivity index (χ4v) is 2.90. The van der Waals surface area contributed by atoms with Gasteiger partial charge in [0.2, 0.25) is 5.91 Å². The molecule has 1 unspecified atom stereocenters. The van der Waals surface area contributed by atoms with Crippen LogP contribution in [-0.2, 0) is 20.9 Å². The first-order chi connectivity index (χ1) is 10.6. The number of hydrogen-bond donors (Lipinski definition) is 1. The molecule has 6 nitrogen and oxygen atoms in total. The number of hydrogen-bond acceptors (Lipinski definition) is 3. The van der Waals surface area contributed by atoms with Gasteiger partial charge in [-0.25, -0.2) is 4.79 Å².